The summed E-state index contributed by atoms with van der Waals surface area (Å²) >= 11 is 0. The summed E-state index contributed by atoms with van der Waals surface area (Å²) in [6, 6.07) is 22.3. The Kier molecular flexibility index (Phi) is 5.23. The molecule has 3 aromatic rings. The van der Waals surface area contributed by atoms with Crippen LogP contribution in [0.5, 0.6) is 0 Å². The van der Waals surface area contributed by atoms with Crippen LogP contribution in [0.4, 0.5) is 0 Å². The molecule has 0 heterocycles. The summed E-state index contributed by atoms with van der Waals surface area (Å²) in [6.07, 6.45) is 1.46. The Bertz CT molecular complexity index is 869. The molecule has 0 saturated carbocycles. The number of oxime groups is 1. The minimum absolute atomic E-state index is 0.507. The molecule has 25 heavy (non-hydrogen) atoms. The van der Waals surface area contributed by atoms with Crippen molar-refractivity contribution in [2.45, 2.75) is 13.1 Å². The molecule has 0 aromatic heterocycles. The molecule has 0 unspecified atom stereocenters. The second kappa shape index (κ2) is 7.75. The molecule has 3 rings (SSSR count). The lowest BCUT2D eigenvalue weighted by molar-refractivity contribution is 0.322. The summed E-state index contributed by atoms with van der Waals surface area (Å²) in [4.78, 5) is 0. The van der Waals surface area contributed by atoms with Crippen molar-refractivity contribution in [1.29, 1.82) is 0 Å². The zero-order valence-electron chi connectivity index (χ0n) is 13.9. The van der Waals surface area contributed by atoms with Crippen molar-refractivity contribution in [2.24, 2.45) is 16.6 Å². The second-order valence-electron chi connectivity index (χ2n) is 5.82. The fourth-order valence-corrected chi connectivity index (χ4v) is 2.93. The van der Waals surface area contributed by atoms with Crippen LogP contribution in [0.25, 0.3) is 22.3 Å². The maximum Gasteiger partial charge on any atom is 0.0740 e. The van der Waals surface area contributed by atoms with E-state index in [1.807, 2.05) is 48.5 Å². The van der Waals surface area contributed by atoms with E-state index in [1.54, 1.807) is 0 Å². The Balaban J connectivity index is 2.18. The van der Waals surface area contributed by atoms with E-state index >= 15 is 0 Å². The zero-order valence-corrected chi connectivity index (χ0v) is 13.9. The van der Waals surface area contributed by atoms with Crippen LogP contribution in [0.2, 0.25) is 0 Å². The van der Waals surface area contributed by atoms with Gasteiger partial charge in [-0.05, 0) is 33.4 Å². The van der Waals surface area contributed by atoms with E-state index in [4.69, 9.17) is 16.7 Å². The molecular weight excluding hydrogens is 310 g/mol. The van der Waals surface area contributed by atoms with Gasteiger partial charge >= 0.3 is 0 Å². The lowest BCUT2D eigenvalue weighted by Gasteiger charge is -2.14. The monoisotopic (exact) mass is 331 g/mol. The van der Waals surface area contributed by atoms with Gasteiger partial charge in [-0.2, -0.15) is 0 Å². The Morgan fingerprint density at radius 1 is 0.760 bits per heavy atom. The number of nitrogens with zero attached hydrogens (tertiary/aromatic N) is 1. The molecule has 0 bridgehead atoms. The topological polar surface area (TPSA) is 84.6 Å². The first-order chi connectivity index (χ1) is 12.3. The maximum atomic E-state index is 9.04. The van der Waals surface area contributed by atoms with E-state index in [-0.39, 0.29) is 0 Å². The Labute approximate surface area is 147 Å². The fraction of sp³-hybridized carbons (Fsp3) is 0.0952. The van der Waals surface area contributed by atoms with Gasteiger partial charge in [0.15, 0.2) is 0 Å². The van der Waals surface area contributed by atoms with Gasteiger partial charge < -0.3 is 16.7 Å². The highest BCUT2D eigenvalue weighted by Gasteiger charge is 2.12. The lowest BCUT2D eigenvalue weighted by Crippen LogP contribution is -1.97. The van der Waals surface area contributed by atoms with Gasteiger partial charge in [-0.25, -0.2) is 0 Å². The predicted octanol–water partition coefficient (Wildman–Crippen LogP) is 3.75. The van der Waals surface area contributed by atoms with Crippen molar-refractivity contribution < 1.29 is 5.21 Å². The van der Waals surface area contributed by atoms with Gasteiger partial charge in [0.2, 0.25) is 0 Å². The number of hydrogen-bond donors (Lipinski definition) is 3. The Morgan fingerprint density at radius 2 is 1.32 bits per heavy atom. The lowest BCUT2D eigenvalue weighted by atomic mass is 9.90. The maximum absolute atomic E-state index is 9.04. The van der Waals surface area contributed by atoms with Gasteiger partial charge in [-0.15, -0.1) is 0 Å². The van der Waals surface area contributed by atoms with E-state index < -0.39 is 0 Å². The summed E-state index contributed by atoms with van der Waals surface area (Å²) in [5.74, 6) is 0. The van der Waals surface area contributed by atoms with Gasteiger partial charge in [0.05, 0.1) is 6.21 Å². The molecule has 0 spiro atoms. The third kappa shape index (κ3) is 3.60. The Hall–Kier alpha value is -2.95. The largest absolute Gasteiger partial charge is 0.411 e. The average Bonchev–Trinajstić information content (AvgIpc) is 2.68. The minimum Gasteiger partial charge on any atom is -0.411 e. The van der Waals surface area contributed by atoms with Crippen LogP contribution in [0.1, 0.15) is 16.7 Å². The zero-order chi connectivity index (χ0) is 17.6. The third-order valence-electron chi connectivity index (χ3n) is 4.27. The fourth-order valence-electron chi connectivity index (χ4n) is 2.93. The van der Waals surface area contributed by atoms with Crippen LogP contribution in [0, 0.1) is 0 Å². The first-order valence-corrected chi connectivity index (χ1v) is 8.16. The molecule has 0 radical (unpaired) electrons. The molecule has 3 aromatic carbocycles. The second-order valence-corrected chi connectivity index (χ2v) is 5.82. The van der Waals surface area contributed by atoms with Crippen LogP contribution in [0.3, 0.4) is 0 Å². The van der Waals surface area contributed by atoms with Gasteiger partial charge in [0.25, 0.3) is 0 Å². The standard InChI is InChI=1S/C21H21N3O/c22-12-15-4-8-17(9-5-15)20-3-1-2-19(14-24-25)21(20)18-10-6-16(13-23)7-11-18/h1-11,14,25H,12-13,22-23H2. The smallest absolute Gasteiger partial charge is 0.0740 e. The van der Waals surface area contributed by atoms with Crippen LogP contribution in [0.15, 0.2) is 71.9 Å². The first kappa shape index (κ1) is 16.9. The van der Waals surface area contributed by atoms with Crippen molar-refractivity contribution in [3.63, 3.8) is 0 Å². The average molecular weight is 331 g/mol. The van der Waals surface area contributed by atoms with Crippen molar-refractivity contribution in [2.75, 3.05) is 0 Å². The van der Waals surface area contributed by atoms with Crippen LogP contribution in [-0.4, -0.2) is 11.4 Å². The molecule has 0 aliphatic carbocycles. The summed E-state index contributed by atoms with van der Waals surface area (Å²) in [5.41, 5.74) is 18.6. The summed E-state index contributed by atoms with van der Waals surface area (Å²) in [6.45, 7) is 1.03. The molecule has 5 N–H and O–H groups in total. The van der Waals surface area contributed by atoms with Crippen LogP contribution >= 0.6 is 0 Å². The third-order valence-corrected chi connectivity index (χ3v) is 4.27. The molecule has 0 atom stereocenters. The van der Waals surface area contributed by atoms with Crippen molar-refractivity contribution in [3.8, 4) is 22.3 Å². The van der Waals surface area contributed by atoms with Gasteiger partial charge in [0, 0.05) is 18.7 Å². The quantitative estimate of drug-likeness (QED) is 0.378. The highest BCUT2D eigenvalue weighted by Crippen LogP contribution is 2.34. The van der Waals surface area contributed by atoms with E-state index in [0.717, 1.165) is 38.9 Å². The van der Waals surface area contributed by atoms with Gasteiger partial charge in [0.1, 0.15) is 0 Å². The molecule has 0 aliphatic rings. The van der Waals surface area contributed by atoms with E-state index in [2.05, 4.69) is 23.4 Å². The van der Waals surface area contributed by atoms with Crippen LogP contribution in [-0.2, 0) is 13.1 Å². The minimum atomic E-state index is 0.507. The predicted molar refractivity (Wildman–Crippen MR) is 102 cm³/mol. The van der Waals surface area contributed by atoms with Crippen molar-refractivity contribution in [3.05, 3.63) is 83.4 Å². The normalized spacial score (nSPS) is 11.1. The van der Waals surface area contributed by atoms with E-state index in [0.29, 0.717) is 13.1 Å². The number of hydrogen-bond acceptors (Lipinski definition) is 4. The SMILES string of the molecule is NCc1ccc(-c2cccc(C=NO)c2-c2ccc(CN)cc2)cc1. The van der Waals surface area contributed by atoms with Gasteiger partial charge in [-0.3, -0.25) is 0 Å². The van der Waals surface area contributed by atoms with Crippen LogP contribution < -0.4 is 11.5 Å². The molecule has 0 saturated heterocycles. The van der Waals surface area contributed by atoms with Gasteiger partial charge in [-0.1, -0.05) is 71.9 Å². The number of benzene rings is 3. The summed E-state index contributed by atoms with van der Waals surface area (Å²) in [5, 5.41) is 12.3. The highest BCUT2D eigenvalue weighted by molar-refractivity contribution is 5.97. The summed E-state index contributed by atoms with van der Waals surface area (Å²) in [7, 11) is 0. The molecule has 0 amide bonds. The molecule has 126 valence electrons. The van der Waals surface area contributed by atoms with E-state index in [9.17, 15) is 0 Å². The number of nitrogens with two attached hydrogens (primary N) is 2. The molecule has 4 nitrogen and oxygen atoms in total. The molecule has 0 aliphatic heterocycles. The van der Waals surface area contributed by atoms with Crippen molar-refractivity contribution in [1.82, 2.24) is 0 Å². The van der Waals surface area contributed by atoms with Crippen molar-refractivity contribution >= 4 is 6.21 Å². The van der Waals surface area contributed by atoms with E-state index in [1.165, 1.54) is 6.21 Å². The highest BCUT2D eigenvalue weighted by atomic mass is 16.4. The molecular formula is C21H21N3O. The number of rotatable bonds is 5. The summed E-state index contributed by atoms with van der Waals surface area (Å²) < 4.78 is 0. The Morgan fingerprint density at radius 3 is 1.84 bits per heavy atom. The molecule has 0 fully saturated rings. The molecule has 4 heteroatoms. The first-order valence-electron chi connectivity index (χ1n) is 8.16.